The third kappa shape index (κ3) is 5.18. The summed E-state index contributed by atoms with van der Waals surface area (Å²) in [4.78, 5) is 11.2. The largest absolute Gasteiger partial charge is 0.295 e. The average molecular weight is 176 g/mol. The fourth-order valence-electron chi connectivity index (χ4n) is 1.23. The highest BCUT2D eigenvalue weighted by atomic mass is 16.1. The average Bonchev–Trinajstić information content (AvgIpc) is 2.11. The van der Waals surface area contributed by atoms with Crippen molar-refractivity contribution in [2.45, 2.75) is 32.1 Å². The molecule has 0 radical (unpaired) electrons. The van der Waals surface area contributed by atoms with Gasteiger partial charge in [-0.25, -0.2) is 0 Å². The molecule has 0 amide bonds. The Bertz CT molecular complexity index is 234. The third-order valence-electron chi connectivity index (χ3n) is 1.97. The summed E-state index contributed by atoms with van der Waals surface area (Å²) >= 11 is 0. The van der Waals surface area contributed by atoms with Crippen LogP contribution in [0.2, 0.25) is 0 Å². The van der Waals surface area contributed by atoms with E-state index in [0.29, 0.717) is 6.42 Å². The van der Waals surface area contributed by atoms with Crippen LogP contribution in [0.4, 0.5) is 0 Å². The van der Waals surface area contributed by atoms with E-state index < -0.39 is 0 Å². The van der Waals surface area contributed by atoms with E-state index >= 15 is 0 Å². The number of rotatable bonds is 0. The van der Waals surface area contributed by atoms with Crippen molar-refractivity contribution in [3.63, 3.8) is 0 Å². The van der Waals surface area contributed by atoms with E-state index in [-0.39, 0.29) is 5.78 Å². The van der Waals surface area contributed by atoms with E-state index in [2.05, 4.69) is 24.3 Å². The minimum absolute atomic E-state index is 0.235. The maximum atomic E-state index is 11.2. The standard InChI is InChI=1S/C12H16O/c13-12-10-8-6-4-2-1-3-5-7-9-11-12/h2,4-5,7-8,10H,1,3,6,9,11H2/b4-2-,7-5-,10-8-. The van der Waals surface area contributed by atoms with Crippen LogP contribution in [0.25, 0.3) is 0 Å². The molecule has 1 heteroatoms. The van der Waals surface area contributed by atoms with Crippen molar-refractivity contribution < 1.29 is 4.79 Å². The van der Waals surface area contributed by atoms with Crippen molar-refractivity contribution in [1.29, 1.82) is 0 Å². The van der Waals surface area contributed by atoms with E-state index in [1.807, 2.05) is 6.08 Å². The Morgan fingerprint density at radius 1 is 0.846 bits per heavy atom. The van der Waals surface area contributed by atoms with Crippen molar-refractivity contribution in [1.82, 2.24) is 0 Å². The lowest BCUT2D eigenvalue weighted by Crippen LogP contribution is -1.90. The zero-order chi connectivity index (χ0) is 9.36. The number of carbonyl (C=O) groups excluding carboxylic acids is 1. The monoisotopic (exact) mass is 176 g/mol. The summed E-state index contributed by atoms with van der Waals surface area (Å²) in [6.45, 7) is 0. The lowest BCUT2D eigenvalue weighted by Gasteiger charge is -1.92. The molecule has 0 saturated heterocycles. The van der Waals surface area contributed by atoms with Gasteiger partial charge >= 0.3 is 0 Å². The molecule has 0 fully saturated rings. The van der Waals surface area contributed by atoms with Crippen LogP contribution in [0.3, 0.4) is 0 Å². The van der Waals surface area contributed by atoms with Gasteiger partial charge in [-0.3, -0.25) is 4.79 Å². The van der Waals surface area contributed by atoms with Gasteiger partial charge in [-0.1, -0.05) is 30.4 Å². The molecule has 0 atom stereocenters. The summed E-state index contributed by atoms with van der Waals surface area (Å²) in [6.07, 6.45) is 16.8. The lowest BCUT2D eigenvalue weighted by atomic mass is 10.1. The van der Waals surface area contributed by atoms with E-state index in [1.54, 1.807) is 6.08 Å². The Kier molecular flexibility index (Phi) is 4.92. The van der Waals surface area contributed by atoms with Crippen LogP contribution in [0.1, 0.15) is 32.1 Å². The molecular formula is C12H16O. The van der Waals surface area contributed by atoms with Gasteiger partial charge in [0.15, 0.2) is 5.78 Å². The van der Waals surface area contributed by atoms with Crippen LogP contribution in [0, 0.1) is 0 Å². The Balaban J connectivity index is 2.46. The van der Waals surface area contributed by atoms with Crippen LogP contribution in [-0.2, 0) is 4.79 Å². The van der Waals surface area contributed by atoms with E-state index in [4.69, 9.17) is 0 Å². The van der Waals surface area contributed by atoms with Crippen molar-refractivity contribution >= 4 is 5.78 Å². The molecule has 0 aromatic rings. The molecule has 70 valence electrons. The maximum absolute atomic E-state index is 11.2. The smallest absolute Gasteiger partial charge is 0.155 e. The second-order valence-corrected chi connectivity index (χ2v) is 3.16. The second kappa shape index (κ2) is 6.41. The highest BCUT2D eigenvalue weighted by molar-refractivity contribution is 5.89. The molecule has 13 heavy (non-hydrogen) atoms. The minimum Gasteiger partial charge on any atom is -0.295 e. The predicted octanol–water partition coefficient (Wildman–Crippen LogP) is 3.19. The van der Waals surface area contributed by atoms with Gasteiger partial charge in [-0.15, -0.1) is 0 Å². The lowest BCUT2D eigenvalue weighted by molar-refractivity contribution is -0.114. The Labute approximate surface area is 79.8 Å². The van der Waals surface area contributed by atoms with Crippen molar-refractivity contribution in [2.75, 3.05) is 0 Å². The molecule has 0 aromatic heterocycles. The van der Waals surface area contributed by atoms with Crippen LogP contribution in [0.5, 0.6) is 0 Å². The molecule has 0 aromatic carbocycles. The van der Waals surface area contributed by atoms with Gasteiger partial charge in [-0.05, 0) is 31.8 Å². The molecule has 0 bridgehead atoms. The van der Waals surface area contributed by atoms with Crippen LogP contribution >= 0.6 is 0 Å². The molecule has 0 aliphatic heterocycles. The van der Waals surface area contributed by atoms with Crippen molar-refractivity contribution in [3.05, 3.63) is 36.5 Å². The fraction of sp³-hybridized carbons (Fsp3) is 0.417. The zero-order valence-electron chi connectivity index (χ0n) is 7.91. The number of ketones is 1. The summed E-state index contributed by atoms with van der Waals surface area (Å²) in [6, 6.07) is 0. The van der Waals surface area contributed by atoms with Crippen molar-refractivity contribution in [3.8, 4) is 0 Å². The number of hydrogen-bond donors (Lipinski definition) is 0. The summed E-state index contributed by atoms with van der Waals surface area (Å²) in [5, 5.41) is 0. The third-order valence-corrected chi connectivity index (χ3v) is 1.97. The molecular weight excluding hydrogens is 160 g/mol. The summed E-state index contributed by atoms with van der Waals surface area (Å²) in [5.41, 5.74) is 0. The Morgan fingerprint density at radius 3 is 2.38 bits per heavy atom. The second-order valence-electron chi connectivity index (χ2n) is 3.16. The first-order valence-corrected chi connectivity index (χ1v) is 4.89. The normalized spacial score (nSPS) is 26.9. The first kappa shape index (κ1) is 9.97. The summed E-state index contributed by atoms with van der Waals surface area (Å²) in [5.74, 6) is 0.235. The Hall–Kier alpha value is -1.11. The number of carbonyl (C=O) groups is 1. The molecule has 0 unspecified atom stereocenters. The molecule has 1 aliphatic rings. The SMILES string of the molecule is O=C1/C=C\C/C=C\CC/C=C\CC1. The van der Waals surface area contributed by atoms with Crippen LogP contribution < -0.4 is 0 Å². The Morgan fingerprint density at radius 2 is 1.54 bits per heavy atom. The quantitative estimate of drug-likeness (QED) is 0.518. The molecule has 0 spiro atoms. The summed E-state index contributed by atoms with van der Waals surface area (Å²) < 4.78 is 0. The molecule has 1 aliphatic carbocycles. The fourth-order valence-corrected chi connectivity index (χ4v) is 1.23. The van der Waals surface area contributed by atoms with E-state index in [1.165, 1.54) is 0 Å². The minimum atomic E-state index is 0.235. The van der Waals surface area contributed by atoms with Crippen LogP contribution in [0.15, 0.2) is 36.5 Å². The molecule has 1 rings (SSSR count). The molecule has 1 nitrogen and oxygen atoms in total. The van der Waals surface area contributed by atoms with Gasteiger partial charge < -0.3 is 0 Å². The van der Waals surface area contributed by atoms with E-state index in [0.717, 1.165) is 25.7 Å². The van der Waals surface area contributed by atoms with E-state index in [9.17, 15) is 4.79 Å². The first-order chi connectivity index (χ1) is 6.39. The summed E-state index contributed by atoms with van der Waals surface area (Å²) in [7, 11) is 0. The predicted molar refractivity (Wildman–Crippen MR) is 55.5 cm³/mol. The molecule has 0 saturated carbocycles. The van der Waals surface area contributed by atoms with Gasteiger partial charge in [0.1, 0.15) is 0 Å². The van der Waals surface area contributed by atoms with Crippen LogP contribution in [-0.4, -0.2) is 5.78 Å². The maximum Gasteiger partial charge on any atom is 0.155 e. The van der Waals surface area contributed by atoms with Gasteiger partial charge in [0, 0.05) is 6.42 Å². The zero-order valence-corrected chi connectivity index (χ0v) is 7.91. The van der Waals surface area contributed by atoms with Gasteiger partial charge in [0.2, 0.25) is 0 Å². The number of hydrogen-bond acceptors (Lipinski definition) is 1. The highest BCUT2D eigenvalue weighted by Gasteiger charge is 1.93. The molecule has 0 N–H and O–H groups in total. The molecule has 0 heterocycles. The topological polar surface area (TPSA) is 17.1 Å². The van der Waals surface area contributed by atoms with Gasteiger partial charge in [-0.2, -0.15) is 0 Å². The van der Waals surface area contributed by atoms with Gasteiger partial charge in [0.25, 0.3) is 0 Å². The number of allylic oxidation sites excluding steroid dienone is 6. The van der Waals surface area contributed by atoms with Gasteiger partial charge in [0.05, 0.1) is 0 Å². The van der Waals surface area contributed by atoms with Crippen molar-refractivity contribution in [2.24, 2.45) is 0 Å². The first-order valence-electron chi connectivity index (χ1n) is 4.89. The highest BCUT2D eigenvalue weighted by Crippen LogP contribution is 2.01.